The Hall–Kier alpha value is -0.940. The van der Waals surface area contributed by atoms with Crippen molar-refractivity contribution in [2.45, 2.75) is 84.2 Å². The number of aliphatic hydroxyl groups excluding tert-OH is 1. The van der Waals surface area contributed by atoms with Crippen LogP contribution in [0.5, 0.6) is 0 Å². The number of carbonyl (C=O) groups excluding carboxylic acids is 1. The summed E-state index contributed by atoms with van der Waals surface area (Å²) in [4.78, 5) is 17.6. The highest BCUT2D eigenvalue weighted by molar-refractivity contribution is 5.87. The lowest BCUT2D eigenvalue weighted by Crippen LogP contribution is -2.38. The number of rotatable bonds is 10. The molecule has 0 aromatic heterocycles. The van der Waals surface area contributed by atoms with Gasteiger partial charge in [-0.2, -0.15) is 5.10 Å². The summed E-state index contributed by atoms with van der Waals surface area (Å²) in [5.74, 6) is -0.259. The van der Waals surface area contributed by atoms with Crippen LogP contribution in [-0.2, 0) is 9.63 Å². The fourth-order valence-electron chi connectivity index (χ4n) is 2.45. The molecule has 0 radical (unpaired) electrons. The third kappa shape index (κ3) is 7.05. The minimum Gasteiger partial charge on any atom is -0.396 e. The van der Waals surface area contributed by atoms with Gasteiger partial charge in [0.1, 0.15) is 0 Å². The first-order valence-electron chi connectivity index (χ1n) is 8.38. The molecule has 1 atom stereocenters. The van der Waals surface area contributed by atoms with Crippen molar-refractivity contribution in [3.05, 3.63) is 0 Å². The van der Waals surface area contributed by atoms with E-state index in [4.69, 9.17) is 9.94 Å². The number of carbonyl (C=O) groups is 1. The van der Waals surface area contributed by atoms with Crippen molar-refractivity contribution in [2.24, 2.45) is 5.10 Å². The van der Waals surface area contributed by atoms with Crippen molar-refractivity contribution in [3.63, 3.8) is 0 Å². The second-order valence-corrected chi connectivity index (χ2v) is 5.69. The van der Waals surface area contributed by atoms with Gasteiger partial charge in [-0.15, -0.1) is 5.17 Å². The summed E-state index contributed by atoms with van der Waals surface area (Å²) >= 11 is 0. The number of nitrogens with zero attached hydrogens (tertiary/aromatic N) is 2. The summed E-state index contributed by atoms with van der Waals surface area (Å²) in [6.45, 7) is 4.19. The molecule has 1 aliphatic heterocycles. The molecule has 0 aliphatic carbocycles. The van der Waals surface area contributed by atoms with Gasteiger partial charge >= 0.3 is 0 Å². The number of unbranched alkanes of at least 4 members (excludes halogenated alkanes) is 4. The van der Waals surface area contributed by atoms with Crippen LogP contribution in [-0.4, -0.2) is 34.6 Å². The van der Waals surface area contributed by atoms with E-state index in [2.05, 4.69) is 18.9 Å². The molecule has 0 aromatic rings. The molecule has 0 saturated carbocycles. The average molecular weight is 298 g/mol. The molecule has 5 nitrogen and oxygen atoms in total. The Morgan fingerprint density at radius 1 is 1.29 bits per heavy atom. The second-order valence-electron chi connectivity index (χ2n) is 5.69. The van der Waals surface area contributed by atoms with Gasteiger partial charge in [0.15, 0.2) is 0 Å². The Balaban J connectivity index is 2.58. The summed E-state index contributed by atoms with van der Waals surface area (Å²) < 4.78 is 0. The molecular weight excluding hydrogens is 268 g/mol. The van der Waals surface area contributed by atoms with Crippen LogP contribution in [0.3, 0.4) is 0 Å². The summed E-state index contributed by atoms with van der Waals surface area (Å²) in [6.07, 6.45) is 9.79. The maximum Gasteiger partial charge on any atom is 0.271 e. The van der Waals surface area contributed by atoms with Crippen LogP contribution in [0.1, 0.15) is 78.1 Å². The lowest BCUT2D eigenvalue weighted by molar-refractivity contribution is -0.212. The molecule has 0 spiro atoms. The van der Waals surface area contributed by atoms with Crippen LogP contribution in [0.4, 0.5) is 0 Å². The Kier molecular flexibility index (Phi) is 9.26. The van der Waals surface area contributed by atoms with E-state index in [1.54, 1.807) is 0 Å². The highest BCUT2D eigenvalue weighted by Gasteiger charge is 2.26. The van der Waals surface area contributed by atoms with Crippen molar-refractivity contribution in [1.29, 1.82) is 0 Å². The summed E-state index contributed by atoms with van der Waals surface area (Å²) in [5, 5.41) is 14.3. The molecule has 0 bridgehead atoms. The second kappa shape index (κ2) is 10.7. The van der Waals surface area contributed by atoms with E-state index < -0.39 is 0 Å². The number of aliphatic hydroxyl groups is 1. The summed E-state index contributed by atoms with van der Waals surface area (Å²) in [7, 11) is 0. The number of amides is 1. The molecular formula is C16H30N2O3. The zero-order chi connectivity index (χ0) is 15.5. The highest BCUT2D eigenvalue weighted by atomic mass is 16.7. The lowest BCUT2D eigenvalue weighted by atomic mass is 10.0. The first kappa shape index (κ1) is 18.1. The molecule has 1 heterocycles. The number of hydrazone groups is 1. The molecule has 0 aromatic carbocycles. The summed E-state index contributed by atoms with van der Waals surface area (Å²) in [5.41, 5.74) is 1.06. The third-order valence-corrected chi connectivity index (χ3v) is 3.68. The van der Waals surface area contributed by atoms with E-state index in [1.165, 1.54) is 25.7 Å². The van der Waals surface area contributed by atoms with Gasteiger partial charge in [-0.3, -0.25) is 4.79 Å². The Bertz CT molecular complexity index is 331. The van der Waals surface area contributed by atoms with Crippen LogP contribution >= 0.6 is 0 Å². The molecule has 0 fully saturated rings. The fraction of sp³-hybridized carbons (Fsp3) is 0.875. The minimum absolute atomic E-state index is 0.0494. The average Bonchev–Trinajstić information content (AvgIpc) is 2.48. The quantitative estimate of drug-likeness (QED) is 0.629. The van der Waals surface area contributed by atoms with E-state index in [0.29, 0.717) is 0 Å². The Morgan fingerprint density at radius 3 is 2.67 bits per heavy atom. The van der Waals surface area contributed by atoms with Crippen molar-refractivity contribution in [1.82, 2.24) is 5.17 Å². The van der Waals surface area contributed by atoms with Crippen LogP contribution < -0.4 is 0 Å². The molecule has 1 N–H and O–H groups in total. The van der Waals surface area contributed by atoms with E-state index in [1.807, 2.05) is 0 Å². The topological polar surface area (TPSA) is 62.1 Å². The SMILES string of the molecule is CCCCCC1=NN(C(=O)CCO)OC(CCCCC)C1. The smallest absolute Gasteiger partial charge is 0.271 e. The van der Waals surface area contributed by atoms with Crippen molar-refractivity contribution in [3.8, 4) is 0 Å². The largest absolute Gasteiger partial charge is 0.396 e. The molecule has 21 heavy (non-hydrogen) atoms. The molecule has 1 aliphatic rings. The van der Waals surface area contributed by atoms with Gasteiger partial charge in [0.05, 0.1) is 19.1 Å². The van der Waals surface area contributed by atoms with Crippen molar-refractivity contribution >= 4 is 11.6 Å². The van der Waals surface area contributed by atoms with Gasteiger partial charge < -0.3 is 5.11 Å². The van der Waals surface area contributed by atoms with Crippen molar-refractivity contribution in [2.75, 3.05) is 6.61 Å². The fourth-order valence-corrected chi connectivity index (χ4v) is 2.45. The third-order valence-electron chi connectivity index (χ3n) is 3.68. The van der Waals surface area contributed by atoms with Crippen molar-refractivity contribution < 1.29 is 14.7 Å². The molecule has 1 rings (SSSR count). The Labute approximate surface area is 128 Å². The first-order chi connectivity index (χ1) is 10.2. The predicted molar refractivity (Wildman–Crippen MR) is 83.8 cm³/mol. The Morgan fingerprint density at radius 2 is 2.00 bits per heavy atom. The highest BCUT2D eigenvalue weighted by Crippen LogP contribution is 2.21. The maximum absolute atomic E-state index is 11.9. The van der Waals surface area contributed by atoms with Gasteiger partial charge in [0.25, 0.3) is 5.91 Å². The van der Waals surface area contributed by atoms with E-state index >= 15 is 0 Å². The first-order valence-corrected chi connectivity index (χ1v) is 8.38. The molecule has 1 amide bonds. The number of hydrogen-bond donors (Lipinski definition) is 1. The lowest BCUT2D eigenvalue weighted by Gasteiger charge is -2.29. The van der Waals surface area contributed by atoms with Crippen LogP contribution in [0.2, 0.25) is 0 Å². The molecule has 0 saturated heterocycles. The number of hydrogen-bond acceptors (Lipinski definition) is 4. The monoisotopic (exact) mass is 298 g/mol. The van der Waals surface area contributed by atoms with Gasteiger partial charge in [0.2, 0.25) is 0 Å². The van der Waals surface area contributed by atoms with E-state index in [0.717, 1.165) is 43.0 Å². The maximum atomic E-state index is 11.9. The van der Waals surface area contributed by atoms with Gasteiger partial charge in [0, 0.05) is 12.1 Å². The van der Waals surface area contributed by atoms with Crippen LogP contribution in [0.15, 0.2) is 5.10 Å². The summed E-state index contributed by atoms with van der Waals surface area (Å²) in [6, 6.07) is 0. The van der Waals surface area contributed by atoms with E-state index in [9.17, 15) is 4.79 Å². The standard InChI is InChI=1S/C16H30N2O3/c1-3-5-7-9-14-13-15(10-8-6-4-2)21-18(17-14)16(20)11-12-19/h15,19H,3-13H2,1-2H3. The number of hydroxylamine groups is 1. The normalized spacial score (nSPS) is 18.7. The molecule has 5 heteroatoms. The predicted octanol–water partition coefficient (Wildman–Crippen LogP) is 3.42. The van der Waals surface area contributed by atoms with Gasteiger partial charge in [-0.25, -0.2) is 4.84 Å². The van der Waals surface area contributed by atoms with Crippen LogP contribution in [0.25, 0.3) is 0 Å². The van der Waals surface area contributed by atoms with Gasteiger partial charge in [-0.05, 0) is 19.3 Å². The zero-order valence-corrected chi connectivity index (χ0v) is 13.5. The minimum atomic E-state index is -0.259. The molecule has 1 unspecified atom stereocenters. The van der Waals surface area contributed by atoms with Gasteiger partial charge in [-0.1, -0.05) is 46.0 Å². The van der Waals surface area contributed by atoms with Crippen LogP contribution in [0, 0.1) is 0 Å². The van der Waals surface area contributed by atoms with E-state index in [-0.39, 0.29) is 25.0 Å². The molecule has 122 valence electrons. The zero-order valence-electron chi connectivity index (χ0n) is 13.5.